The van der Waals surface area contributed by atoms with Crippen LogP contribution in [0.3, 0.4) is 0 Å². The highest BCUT2D eigenvalue weighted by Gasteiger charge is 2.08. The summed E-state index contributed by atoms with van der Waals surface area (Å²) in [6, 6.07) is 12.6. The van der Waals surface area contributed by atoms with E-state index in [1.165, 1.54) is 43.9 Å². The SMILES string of the molecule is CCCCCCCc1ccc(C(=O)ON=Cc2c(Cl)cccc2Cl)cc1. The lowest BCUT2D eigenvalue weighted by Gasteiger charge is -2.03. The van der Waals surface area contributed by atoms with Crippen molar-refractivity contribution in [3.05, 3.63) is 69.2 Å². The molecule has 0 saturated carbocycles. The summed E-state index contributed by atoms with van der Waals surface area (Å²) in [6.07, 6.45) is 8.63. The third-order valence-corrected chi connectivity index (χ3v) is 4.73. The van der Waals surface area contributed by atoms with Crippen molar-refractivity contribution in [1.82, 2.24) is 0 Å². The molecule has 26 heavy (non-hydrogen) atoms. The number of oxime groups is 1. The third kappa shape index (κ3) is 6.47. The summed E-state index contributed by atoms with van der Waals surface area (Å²) in [5.74, 6) is -0.515. The molecule has 3 nitrogen and oxygen atoms in total. The summed E-state index contributed by atoms with van der Waals surface area (Å²) >= 11 is 12.1. The van der Waals surface area contributed by atoms with Crippen molar-refractivity contribution < 1.29 is 9.63 Å². The van der Waals surface area contributed by atoms with Gasteiger partial charge in [-0.3, -0.25) is 0 Å². The smallest absolute Gasteiger partial charge is 0.313 e. The number of benzene rings is 2. The van der Waals surface area contributed by atoms with Crippen LogP contribution in [0.4, 0.5) is 0 Å². The fourth-order valence-electron chi connectivity index (χ4n) is 2.55. The minimum absolute atomic E-state index is 0.445. The molecule has 0 atom stereocenters. The first-order valence-corrected chi connectivity index (χ1v) is 9.65. The van der Waals surface area contributed by atoms with Crippen LogP contribution in [-0.2, 0) is 11.3 Å². The molecular formula is C21H23Cl2NO2. The monoisotopic (exact) mass is 391 g/mol. The lowest BCUT2D eigenvalue weighted by Crippen LogP contribution is -2.01. The molecule has 0 radical (unpaired) electrons. The van der Waals surface area contributed by atoms with Gasteiger partial charge in [-0.05, 0) is 42.7 Å². The topological polar surface area (TPSA) is 38.7 Å². The predicted molar refractivity (Wildman–Crippen MR) is 108 cm³/mol. The molecule has 0 amide bonds. The first kappa shape index (κ1) is 20.5. The minimum Gasteiger partial charge on any atom is -0.313 e. The fourth-order valence-corrected chi connectivity index (χ4v) is 3.05. The van der Waals surface area contributed by atoms with Crippen LogP contribution in [0.2, 0.25) is 10.0 Å². The van der Waals surface area contributed by atoms with Gasteiger partial charge in [0.05, 0.1) is 21.8 Å². The van der Waals surface area contributed by atoms with E-state index in [1.54, 1.807) is 30.3 Å². The number of nitrogens with zero attached hydrogens (tertiary/aromatic N) is 1. The maximum absolute atomic E-state index is 12.0. The Hall–Kier alpha value is -1.84. The van der Waals surface area contributed by atoms with Crippen molar-refractivity contribution in [3.63, 3.8) is 0 Å². The highest BCUT2D eigenvalue weighted by molar-refractivity contribution is 6.38. The van der Waals surface area contributed by atoms with Gasteiger partial charge in [-0.15, -0.1) is 0 Å². The molecule has 5 heteroatoms. The highest BCUT2D eigenvalue weighted by atomic mass is 35.5. The largest absolute Gasteiger partial charge is 0.365 e. The average molecular weight is 392 g/mol. The Kier molecular flexibility index (Phi) is 8.66. The summed E-state index contributed by atoms with van der Waals surface area (Å²) in [4.78, 5) is 17.0. The maximum Gasteiger partial charge on any atom is 0.365 e. The van der Waals surface area contributed by atoms with E-state index < -0.39 is 5.97 Å². The minimum atomic E-state index is -0.515. The first-order chi connectivity index (χ1) is 12.6. The number of rotatable bonds is 9. The lowest BCUT2D eigenvalue weighted by molar-refractivity contribution is 0.0519. The van der Waals surface area contributed by atoms with Crippen LogP contribution in [0.1, 0.15) is 60.5 Å². The van der Waals surface area contributed by atoms with Crippen molar-refractivity contribution >= 4 is 35.4 Å². The zero-order valence-electron chi connectivity index (χ0n) is 14.9. The van der Waals surface area contributed by atoms with Gasteiger partial charge in [0.15, 0.2) is 0 Å². The molecule has 0 heterocycles. The Bertz CT molecular complexity index is 722. The summed E-state index contributed by atoms with van der Waals surface area (Å²) in [6.45, 7) is 2.21. The van der Waals surface area contributed by atoms with Gasteiger partial charge in [0, 0.05) is 5.56 Å². The number of aryl methyl sites for hydroxylation is 1. The Labute approximate surface area is 165 Å². The van der Waals surface area contributed by atoms with Crippen LogP contribution >= 0.6 is 23.2 Å². The van der Waals surface area contributed by atoms with E-state index in [2.05, 4.69) is 12.1 Å². The second-order valence-corrected chi connectivity index (χ2v) is 6.92. The van der Waals surface area contributed by atoms with E-state index in [-0.39, 0.29) is 0 Å². The van der Waals surface area contributed by atoms with Gasteiger partial charge in [-0.25, -0.2) is 4.79 Å². The lowest BCUT2D eigenvalue weighted by atomic mass is 10.0. The molecule has 0 N–H and O–H groups in total. The quantitative estimate of drug-likeness (QED) is 0.206. The van der Waals surface area contributed by atoms with Crippen LogP contribution in [0.25, 0.3) is 0 Å². The number of hydrogen-bond donors (Lipinski definition) is 0. The van der Waals surface area contributed by atoms with Crippen LogP contribution in [0.15, 0.2) is 47.6 Å². The van der Waals surface area contributed by atoms with Crippen LogP contribution in [0.5, 0.6) is 0 Å². The molecule has 138 valence electrons. The van der Waals surface area contributed by atoms with E-state index in [0.717, 1.165) is 6.42 Å². The molecule has 0 aromatic heterocycles. The zero-order chi connectivity index (χ0) is 18.8. The average Bonchev–Trinajstić information content (AvgIpc) is 2.64. The zero-order valence-corrected chi connectivity index (χ0v) is 16.4. The Balaban J connectivity index is 1.85. The number of carbonyl (C=O) groups is 1. The molecule has 0 aliphatic carbocycles. The van der Waals surface area contributed by atoms with E-state index in [1.807, 2.05) is 12.1 Å². The molecule has 2 rings (SSSR count). The standard InChI is InChI=1S/C21H23Cl2NO2/c1-2-3-4-5-6-8-16-11-13-17(14-12-16)21(25)26-24-15-18-19(22)9-7-10-20(18)23/h7,9-15H,2-6,8H2,1H3. The molecule has 0 aliphatic rings. The number of hydrogen-bond acceptors (Lipinski definition) is 3. The normalized spacial score (nSPS) is 11.0. The van der Waals surface area contributed by atoms with Crippen LogP contribution in [-0.4, -0.2) is 12.2 Å². The molecule has 0 spiro atoms. The summed E-state index contributed by atoms with van der Waals surface area (Å²) in [5, 5.41) is 4.59. The molecular weight excluding hydrogens is 369 g/mol. The molecule has 0 saturated heterocycles. The molecule has 0 aliphatic heterocycles. The van der Waals surface area contributed by atoms with E-state index in [0.29, 0.717) is 21.2 Å². The van der Waals surface area contributed by atoms with E-state index in [9.17, 15) is 4.79 Å². The number of halogens is 2. The molecule has 0 fully saturated rings. The number of carbonyl (C=O) groups excluding carboxylic acids is 1. The summed E-state index contributed by atoms with van der Waals surface area (Å²) in [5.41, 5.74) is 2.20. The molecule has 2 aromatic carbocycles. The summed E-state index contributed by atoms with van der Waals surface area (Å²) in [7, 11) is 0. The predicted octanol–water partition coefficient (Wildman–Crippen LogP) is 6.70. The Morgan fingerprint density at radius 2 is 1.65 bits per heavy atom. The van der Waals surface area contributed by atoms with Crippen molar-refractivity contribution in [1.29, 1.82) is 0 Å². The third-order valence-electron chi connectivity index (χ3n) is 4.08. The van der Waals surface area contributed by atoms with Gasteiger partial charge in [0.1, 0.15) is 0 Å². The van der Waals surface area contributed by atoms with Crippen molar-refractivity contribution in [2.75, 3.05) is 0 Å². The van der Waals surface area contributed by atoms with Gasteiger partial charge >= 0.3 is 5.97 Å². The van der Waals surface area contributed by atoms with Gasteiger partial charge in [-0.1, -0.05) is 79.2 Å². The molecule has 2 aromatic rings. The van der Waals surface area contributed by atoms with Crippen LogP contribution in [0, 0.1) is 0 Å². The highest BCUT2D eigenvalue weighted by Crippen LogP contribution is 2.22. The van der Waals surface area contributed by atoms with Gasteiger partial charge in [0.25, 0.3) is 0 Å². The van der Waals surface area contributed by atoms with Crippen molar-refractivity contribution in [2.24, 2.45) is 5.16 Å². The maximum atomic E-state index is 12.0. The van der Waals surface area contributed by atoms with Crippen LogP contribution < -0.4 is 0 Å². The van der Waals surface area contributed by atoms with E-state index >= 15 is 0 Å². The van der Waals surface area contributed by atoms with Crippen molar-refractivity contribution in [2.45, 2.75) is 45.4 Å². The second kappa shape index (κ2) is 11.0. The van der Waals surface area contributed by atoms with Crippen molar-refractivity contribution in [3.8, 4) is 0 Å². The second-order valence-electron chi connectivity index (χ2n) is 6.11. The molecule has 0 bridgehead atoms. The number of unbranched alkanes of at least 4 members (excludes halogenated alkanes) is 4. The summed E-state index contributed by atoms with van der Waals surface area (Å²) < 4.78 is 0. The Morgan fingerprint density at radius 3 is 2.31 bits per heavy atom. The van der Waals surface area contributed by atoms with E-state index in [4.69, 9.17) is 28.0 Å². The van der Waals surface area contributed by atoms with Gasteiger partial charge in [-0.2, -0.15) is 0 Å². The molecule has 0 unspecified atom stereocenters. The van der Waals surface area contributed by atoms with Gasteiger partial charge in [0.2, 0.25) is 0 Å². The Morgan fingerprint density at radius 1 is 1.00 bits per heavy atom. The fraction of sp³-hybridized carbons (Fsp3) is 0.333. The first-order valence-electron chi connectivity index (χ1n) is 8.89. The van der Waals surface area contributed by atoms with Gasteiger partial charge < -0.3 is 4.84 Å².